The van der Waals surface area contributed by atoms with Crippen molar-refractivity contribution in [2.45, 2.75) is 227 Å². The first-order valence-electron chi connectivity index (χ1n) is 27.1. The molecule has 0 heterocycles. The Balaban J connectivity index is 1.99. The summed E-state index contributed by atoms with van der Waals surface area (Å²) in [4.78, 5) is 0. The molecule has 4 aromatic rings. The van der Waals surface area contributed by atoms with Crippen LogP contribution < -0.4 is 0 Å². The molecule has 0 aliphatic heterocycles. The maximum absolute atomic E-state index is 12.2. The number of ether oxygens (including phenoxy) is 2. The molecule has 0 radical (unpaired) electrons. The summed E-state index contributed by atoms with van der Waals surface area (Å²) in [6, 6.07) is 15.2. The number of phenolic OH excluding ortho intramolecular Hbond substituents is 4. The van der Waals surface area contributed by atoms with Crippen LogP contribution in [0.3, 0.4) is 0 Å². The normalized spacial score (nSPS) is 13.9. The molecule has 0 saturated carbocycles. The van der Waals surface area contributed by atoms with E-state index in [2.05, 4.69) is 69.2 Å². The SMILES string of the molecule is CCCCOCc1cc(C(C)(C)c2cc(C(O)CCCC)c(O)c(C(O)CCCC)c2)cc(Cc2cc(C(C)(C)c3cc(C(O)CCCC)c(O)c(C(O)CCCC)c3)cc(COCCCC)c2O)c1O. The monoisotopic (exact) mass is 985 g/mol. The van der Waals surface area contributed by atoms with E-state index in [0.29, 0.717) is 83.4 Å². The first kappa shape index (κ1) is 59.4. The summed E-state index contributed by atoms with van der Waals surface area (Å²) < 4.78 is 12.3. The van der Waals surface area contributed by atoms with E-state index < -0.39 is 35.2 Å². The molecule has 0 saturated heterocycles. The lowest BCUT2D eigenvalue weighted by atomic mass is 9.74. The summed E-state index contributed by atoms with van der Waals surface area (Å²) in [5, 5.41) is 93.6. The van der Waals surface area contributed by atoms with Gasteiger partial charge in [0.15, 0.2) is 0 Å². The van der Waals surface area contributed by atoms with Gasteiger partial charge in [-0.2, -0.15) is 0 Å². The molecule has 10 nitrogen and oxygen atoms in total. The largest absolute Gasteiger partial charge is 0.507 e. The van der Waals surface area contributed by atoms with Gasteiger partial charge in [-0.1, -0.05) is 146 Å². The molecule has 4 aromatic carbocycles. The van der Waals surface area contributed by atoms with Crippen molar-refractivity contribution in [1.82, 2.24) is 0 Å². The minimum Gasteiger partial charge on any atom is -0.507 e. The predicted molar refractivity (Wildman–Crippen MR) is 287 cm³/mol. The Bertz CT molecular complexity index is 2040. The molecule has 10 heteroatoms. The predicted octanol–water partition coefficient (Wildman–Crippen LogP) is 14.3. The molecule has 0 amide bonds. The Morgan fingerprint density at radius 2 is 0.620 bits per heavy atom. The summed E-state index contributed by atoms with van der Waals surface area (Å²) in [7, 11) is 0. The van der Waals surface area contributed by atoms with Crippen LogP contribution in [0.2, 0.25) is 0 Å². The minimum atomic E-state index is -0.933. The van der Waals surface area contributed by atoms with Crippen molar-refractivity contribution in [1.29, 1.82) is 0 Å². The van der Waals surface area contributed by atoms with Gasteiger partial charge in [0.05, 0.1) is 37.6 Å². The summed E-state index contributed by atoms with van der Waals surface area (Å²) in [5.74, 6) is -0.0576. The lowest BCUT2D eigenvalue weighted by molar-refractivity contribution is 0.116. The van der Waals surface area contributed by atoms with E-state index in [1.165, 1.54) is 0 Å². The zero-order chi connectivity index (χ0) is 52.5. The van der Waals surface area contributed by atoms with Crippen LogP contribution in [-0.4, -0.2) is 54.1 Å². The molecule has 4 atom stereocenters. The molecule has 4 rings (SSSR count). The highest BCUT2D eigenvalue weighted by molar-refractivity contribution is 5.57. The number of hydrogen-bond donors (Lipinski definition) is 8. The highest BCUT2D eigenvalue weighted by Gasteiger charge is 2.33. The maximum atomic E-state index is 12.2. The highest BCUT2D eigenvalue weighted by Crippen LogP contribution is 2.46. The van der Waals surface area contributed by atoms with Gasteiger partial charge in [-0.3, -0.25) is 0 Å². The van der Waals surface area contributed by atoms with Crippen LogP contribution in [0.25, 0.3) is 0 Å². The Morgan fingerprint density at radius 3 is 0.887 bits per heavy atom. The summed E-state index contributed by atoms with van der Waals surface area (Å²) in [6.07, 6.45) is 8.44. The van der Waals surface area contributed by atoms with Crippen molar-refractivity contribution < 1.29 is 50.3 Å². The van der Waals surface area contributed by atoms with Crippen LogP contribution in [0, 0.1) is 0 Å². The fraction of sp³-hybridized carbons (Fsp3) is 0.607. The van der Waals surface area contributed by atoms with Crippen molar-refractivity contribution in [2.75, 3.05) is 13.2 Å². The topological polar surface area (TPSA) is 180 Å². The Hall–Kier alpha value is -4.16. The van der Waals surface area contributed by atoms with Crippen LogP contribution in [0.1, 0.15) is 263 Å². The van der Waals surface area contributed by atoms with Gasteiger partial charge in [-0.25, -0.2) is 0 Å². The van der Waals surface area contributed by atoms with Gasteiger partial charge in [0.2, 0.25) is 0 Å². The van der Waals surface area contributed by atoms with Crippen LogP contribution in [0.4, 0.5) is 0 Å². The number of unbranched alkanes of at least 4 members (excludes halogenated alkanes) is 6. The van der Waals surface area contributed by atoms with Crippen molar-refractivity contribution in [3.05, 3.63) is 115 Å². The van der Waals surface area contributed by atoms with Gasteiger partial charge in [0.1, 0.15) is 23.0 Å². The first-order valence-corrected chi connectivity index (χ1v) is 27.1. The van der Waals surface area contributed by atoms with E-state index in [4.69, 9.17) is 9.47 Å². The molecule has 0 aromatic heterocycles. The lowest BCUT2D eigenvalue weighted by Gasteiger charge is -2.31. The fourth-order valence-electron chi connectivity index (χ4n) is 9.44. The lowest BCUT2D eigenvalue weighted by Crippen LogP contribution is -2.22. The van der Waals surface area contributed by atoms with Crippen molar-refractivity contribution >= 4 is 0 Å². The number of aromatic hydroxyl groups is 4. The number of aliphatic hydroxyl groups is 4. The van der Waals surface area contributed by atoms with Crippen LogP contribution in [-0.2, 0) is 39.9 Å². The second-order valence-electron chi connectivity index (χ2n) is 21.2. The molecular weight excluding hydrogens is 893 g/mol. The summed E-state index contributed by atoms with van der Waals surface area (Å²) in [5.41, 5.74) is 5.48. The summed E-state index contributed by atoms with van der Waals surface area (Å²) >= 11 is 0. The standard InChI is InChI=1S/C61H92O10/c1-11-17-23-52(62)48-34-46(35-49(58(48)68)53(63)24-18-12-2)60(7,8)44-30-40(56(66)42(32-44)38-70-27-21-15-5)29-41-31-45(33-43(57(41)67)39-71-28-22-16-6)61(9,10)47-36-50(54(64)25-19-13-3)59(69)51(37-47)55(65)26-20-14-4/h30-37,52-55,62-69H,11-29,38-39H2,1-10H3. The molecule has 0 spiro atoms. The molecule has 0 fully saturated rings. The van der Waals surface area contributed by atoms with Crippen LogP contribution in [0.15, 0.2) is 48.5 Å². The van der Waals surface area contributed by atoms with Gasteiger partial charge in [0.25, 0.3) is 0 Å². The molecule has 396 valence electrons. The zero-order valence-electron chi connectivity index (χ0n) is 45.2. The van der Waals surface area contributed by atoms with Gasteiger partial charge in [-0.15, -0.1) is 0 Å². The molecular formula is C61H92O10. The van der Waals surface area contributed by atoms with Gasteiger partial charge < -0.3 is 50.3 Å². The molecule has 71 heavy (non-hydrogen) atoms. The van der Waals surface area contributed by atoms with Crippen molar-refractivity contribution in [2.24, 2.45) is 0 Å². The average Bonchev–Trinajstić information content (AvgIpc) is 3.35. The Morgan fingerprint density at radius 1 is 0.366 bits per heavy atom. The Labute approximate surface area is 427 Å². The van der Waals surface area contributed by atoms with E-state index in [0.717, 1.165) is 99.3 Å². The number of phenols is 4. The van der Waals surface area contributed by atoms with E-state index >= 15 is 0 Å². The molecule has 0 bridgehead atoms. The van der Waals surface area contributed by atoms with Crippen molar-refractivity contribution in [3.8, 4) is 23.0 Å². The number of aliphatic hydroxyl groups excluding tert-OH is 4. The second kappa shape index (κ2) is 28.3. The molecule has 0 aliphatic rings. The highest BCUT2D eigenvalue weighted by atomic mass is 16.5. The minimum absolute atomic E-state index is 0.0536. The van der Waals surface area contributed by atoms with Crippen LogP contribution >= 0.6 is 0 Å². The maximum Gasteiger partial charge on any atom is 0.127 e. The smallest absolute Gasteiger partial charge is 0.127 e. The number of hydrogen-bond acceptors (Lipinski definition) is 10. The zero-order valence-corrected chi connectivity index (χ0v) is 45.2. The van der Waals surface area contributed by atoms with Gasteiger partial charge in [0, 0.05) is 63.8 Å². The van der Waals surface area contributed by atoms with Gasteiger partial charge >= 0.3 is 0 Å². The van der Waals surface area contributed by atoms with E-state index in [1.807, 2.05) is 48.5 Å². The third kappa shape index (κ3) is 15.4. The third-order valence-corrected chi connectivity index (χ3v) is 14.7. The summed E-state index contributed by atoms with van der Waals surface area (Å²) in [6.45, 7) is 22.0. The molecule has 0 aliphatic carbocycles. The van der Waals surface area contributed by atoms with E-state index in [1.54, 1.807) is 0 Å². The second-order valence-corrected chi connectivity index (χ2v) is 21.2. The van der Waals surface area contributed by atoms with E-state index in [-0.39, 0.29) is 42.6 Å². The molecule has 8 N–H and O–H groups in total. The number of rotatable bonds is 32. The van der Waals surface area contributed by atoms with Gasteiger partial charge in [-0.05, 0) is 108 Å². The Kier molecular flexibility index (Phi) is 23.7. The van der Waals surface area contributed by atoms with Crippen LogP contribution in [0.5, 0.6) is 23.0 Å². The molecule has 4 unspecified atom stereocenters. The average molecular weight is 985 g/mol. The fourth-order valence-corrected chi connectivity index (χ4v) is 9.44. The third-order valence-electron chi connectivity index (χ3n) is 14.7. The van der Waals surface area contributed by atoms with E-state index in [9.17, 15) is 40.9 Å². The van der Waals surface area contributed by atoms with Crippen molar-refractivity contribution in [3.63, 3.8) is 0 Å². The number of benzene rings is 4. The first-order chi connectivity index (χ1) is 33.8. The quantitative estimate of drug-likeness (QED) is 0.0219.